The van der Waals surface area contributed by atoms with Gasteiger partial charge in [-0.05, 0) is 77.0 Å². The third-order valence-electron chi connectivity index (χ3n) is 19.3. The minimum Gasteiger partial charge on any atom is -0.394 e. The summed E-state index contributed by atoms with van der Waals surface area (Å²) in [5.41, 5.74) is 0. The van der Waals surface area contributed by atoms with Crippen molar-refractivity contribution >= 4 is 5.91 Å². The van der Waals surface area contributed by atoms with Crippen molar-refractivity contribution in [2.75, 3.05) is 19.8 Å². The molecule has 564 valence electrons. The van der Waals surface area contributed by atoms with E-state index < -0.39 is 86.8 Å². The second-order valence-corrected chi connectivity index (χ2v) is 28.2. The number of carbonyl (C=O) groups excluding carboxylic acids is 1. The number of carbonyl (C=O) groups is 1. The zero-order chi connectivity index (χ0) is 70.1. The number of unbranched alkanes of at least 4 members (excludes halogenated alkanes) is 42. The number of ether oxygens (including phenoxy) is 4. The van der Waals surface area contributed by atoms with Crippen molar-refractivity contribution in [3.05, 3.63) is 85.1 Å². The topological polar surface area (TPSA) is 228 Å². The number of amides is 1. The average molecular weight is 1370 g/mol. The Balaban J connectivity index is 1.63. The molecule has 12 unspecified atom stereocenters. The molecule has 9 N–H and O–H groups in total. The number of nitrogens with one attached hydrogen (secondary N) is 1. The van der Waals surface area contributed by atoms with E-state index in [1.807, 2.05) is 6.08 Å². The lowest BCUT2D eigenvalue weighted by Gasteiger charge is -2.46. The summed E-state index contributed by atoms with van der Waals surface area (Å²) in [4.78, 5) is 13.4. The highest BCUT2D eigenvalue weighted by atomic mass is 16.7. The number of aliphatic hydroxyl groups is 8. The quantitative estimate of drug-likeness (QED) is 0.0204. The Bertz CT molecular complexity index is 1950. The lowest BCUT2D eigenvalue weighted by molar-refractivity contribution is -0.359. The fourth-order valence-electron chi connectivity index (χ4n) is 13.0. The molecule has 0 radical (unpaired) electrons. The molecule has 2 rings (SSSR count). The van der Waals surface area contributed by atoms with E-state index in [2.05, 4.69) is 92.1 Å². The van der Waals surface area contributed by atoms with Crippen LogP contribution in [-0.4, -0.2) is 140 Å². The first-order valence-corrected chi connectivity index (χ1v) is 40.3. The second kappa shape index (κ2) is 66.4. The van der Waals surface area contributed by atoms with Crippen LogP contribution in [0.3, 0.4) is 0 Å². The Labute approximate surface area is 592 Å². The standard InChI is InChI=1S/C83H149NO13/c1-3-5-7-9-11-13-15-17-19-21-23-25-27-29-31-33-35-37-38-40-42-44-46-48-50-52-54-56-58-60-62-64-66-72(87)71(70-94-82-80(93)78(91)81(74(69-86)96-82)97-83-79(92)77(90)76(89)73(68-85)95-83)84-75(88)67-65-63-61-59-57-55-53-51-49-47-45-43-41-39-36-34-32-30-28-26-24-22-20-18-16-14-12-10-8-6-4-2/h6,8,12,14,18,20,24,26,30,32,56,58,64,66,71-74,76-83,85-87,89-93H,3-5,7,9-11,13,15-17,19,21-23,25,27-29,31,33-55,57,59-63,65,67-70H2,1-2H3,(H,84,88)/b8-6-,14-12-,20-18-,26-24-,32-30-,58-56+,66-64+. The van der Waals surface area contributed by atoms with Gasteiger partial charge in [0.1, 0.15) is 48.8 Å². The molecule has 0 aromatic heterocycles. The molecule has 97 heavy (non-hydrogen) atoms. The van der Waals surface area contributed by atoms with Gasteiger partial charge >= 0.3 is 0 Å². The highest BCUT2D eigenvalue weighted by Crippen LogP contribution is 2.30. The Morgan fingerprint density at radius 3 is 1.13 bits per heavy atom. The summed E-state index contributed by atoms with van der Waals surface area (Å²) in [6, 6.07) is -0.938. The van der Waals surface area contributed by atoms with Crippen molar-refractivity contribution < 1.29 is 64.6 Å². The first-order chi connectivity index (χ1) is 47.6. The van der Waals surface area contributed by atoms with Gasteiger partial charge in [0, 0.05) is 6.42 Å². The van der Waals surface area contributed by atoms with E-state index in [0.29, 0.717) is 12.8 Å². The highest BCUT2D eigenvalue weighted by Gasteiger charge is 2.51. The summed E-state index contributed by atoms with van der Waals surface area (Å²) in [6.07, 6.45) is 76.7. The summed E-state index contributed by atoms with van der Waals surface area (Å²) < 4.78 is 22.9. The van der Waals surface area contributed by atoms with Crippen LogP contribution in [0.25, 0.3) is 0 Å². The first-order valence-electron chi connectivity index (χ1n) is 40.3. The van der Waals surface area contributed by atoms with Crippen LogP contribution in [0.2, 0.25) is 0 Å². The van der Waals surface area contributed by atoms with Gasteiger partial charge in [0.05, 0.1) is 32.0 Å². The van der Waals surface area contributed by atoms with Crippen LogP contribution < -0.4 is 5.32 Å². The van der Waals surface area contributed by atoms with Crippen molar-refractivity contribution in [1.29, 1.82) is 0 Å². The maximum Gasteiger partial charge on any atom is 0.220 e. The fourth-order valence-corrected chi connectivity index (χ4v) is 13.0. The summed E-state index contributed by atoms with van der Waals surface area (Å²) in [5, 5.41) is 87.7. The van der Waals surface area contributed by atoms with E-state index in [1.54, 1.807) is 6.08 Å². The van der Waals surface area contributed by atoms with Crippen molar-refractivity contribution in [1.82, 2.24) is 5.32 Å². The number of aliphatic hydroxyl groups excluding tert-OH is 8. The Morgan fingerprint density at radius 2 is 0.722 bits per heavy atom. The van der Waals surface area contributed by atoms with Gasteiger partial charge in [-0.2, -0.15) is 0 Å². The highest BCUT2D eigenvalue weighted by molar-refractivity contribution is 5.76. The largest absolute Gasteiger partial charge is 0.394 e. The molecular formula is C83H149NO13. The molecule has 14 heteroatoms. The second-order valence-electron chi connectivity index (χ2n) is 28.2. The number of rotatable bonds is 67. The zero-order valence-electron chi connectivity index (χ0n) is 61.8. The predicted molar refractivity (Wildman–Crippen MR) is 401 cm³/mol. The van der Waals surface area contributed by atoms with Crippen molar-refractivity contribution in [2.45, 2.75) is 415 Å². The van der Waals surface area contributed by atoms with E-state index in [1.165, 1.54) is 244 Å². The van der Waals surface area contributed by atoms with Crippen molar-refractivity contribution in [2.24, 2.45) is 0 Å². The molecular weight excluding hydrogens is 1220 g/mol. The van der Waals surface area contributed by atoms with Crippen LogP contribution in [0.5, 0.6) is 0 Å². The van der Waals surface area contributed by atoms with E-state index in [9.17, 15) is 45.6 Å². The minimum absolute atomic E-state index is 0.247. The minimum atomic E-state index is -1.80. The van der Waals surface area contributed by atoms with Gasteiger partial charge in [-0.15, -0.1) is 0 Å². The Kier molecular flexibility index (Phi) is 61.8. The van der Waals surface area contributed by atoms with E-state index in [-0.39, 0.29) is 18.9 Å². The van der Waals surface area contributed by atoms with Gasteiger partial charge in [0.25, 0.3) is 0 Å². The third-order valence-corrected chi connectivity index (χ3v) is 19.3. The molecule has 12 atom stereocenters. The van der Waals surface area contributed by atoms with Crippen LogP contribution >= 0.6 is 0 Å². The van der Waals surface area contributed by atoms with E-state index in [0.717, 1.165) is 64.2 Å². The summed E-state index contributed by atoms with van der Waals surface area (Å²) in [5.74, 6) is -0.247. The molecule has 1 amide bonds. The molecule has 2 fully saturated rings. The molecule has 0 aromatic carbocycles. The Morgan fingerprint density at radius 1 is 0.381 bits per heavy atom. The number of allylic oxidation sites excluding steroid dienone is 13. The first kappa shape index (κ1) is 90.3. The number of hydrogen-bond donors (Lipinski definition) is 9. The molecule has 2 aliphatic heterocycles. The molecule has 0 aromatic rings. The maximum atomic E-state index is 13.4. The third kappa shape index (κ3) is 49.4. The maximum absolute atomic E-state index is 13.4. The van der Waals surface area contributed by atoms with E-state index >= 15 is 0 Å². The van der Waals surface area contributed by atoms with Crippen LogP contribution in [-0.2, 0) is 23.7 Å². The Hall–Kier alpha value is -2.83. The molecule has 2 saturated heterocycles. The molecule has 14 nitrogen and oxygen atoms in total. The summed E-state index contributed by atoms with van der Waals surface area (Å²) in [7, 11) is 0. The fraction of sp³-hybridized carbons (Fsp3) is 0.819. The summed E-state index contributed by atoms with van der Waals surface area (Å²) >= 11 is 0. The normalized spacial score (nSPS) is 22.6. The zero-order valence-corrected chi connectivity index (χ0v) is 61.8. The smallest absolute Gasteiger partial charge is 0.220 e. The lowest BCUT2D eigenvalue weighted by Crippen LogP contribution is -2.65. The predicted octanol–water partition coefficient (Wildman–Crippen LogP) is 18.3. The molecule has 0 bridgehead atoms. The molecule has 2 heterocycles. The van der Waals surface area contributed by atoms with Crippen LogP contribution in [0.4, 0.5) is 0 Å². The van der Waals surface area contributed by atoms with Crippen molar-refractivity contribution in [3.8, 4) is 0 Å². The molecule has 0 spiro atoms. The van der Waals surface area contributed by atoms with Gasteiger partial charge in [0.15, 0.2) is 12.6 Å². The van der Waals surface area contributed by atoms with Crippen molar-refractivity contribution in [3.63, 3.8) is 0 Å². The molecule has 0 saturated carbocycles. The molecule has 2 aliphatic rings. The van der Waals surface area contributed by atoms with Gasteiger partial charge in [-0.3, -0.25) is 4.79 Å². The van der Waals surface area contributed by atoms with Gasteiger partial charge in [-0.25, -0.2) is 0 Å². The average Bonchev–Trinajstić information content (AvgIpc) is 0.794. The van der Waals surface area contributed by atoms with Crippen LogP contribution in [0.1, 0.15) is 341 Å². The monoisotopic (exact) mass is 1370 g/mol. The summed E-state index contributed by atoms with van der Waals surface area (Å²) in [6.45, 7) is 2.71. The lowest BCUT2D eigenvalue weighted by atomic mass is 9.97. The van der Waals surface area contributed by atoms with Crippen LogP contribution in [0, 0.1) is 0 Å². The number of hydrogen-bond acceptors (Lipinski definition) is 13. The van der Waals surface area contributed by atoms with E-state index in [4.69, 9.17) is 18.9 Å². The van der Waals surface area contributed by atoms with Gasteiger partial charge in [0.2, 0.25) is 5.91 Å². The SMILES string of the molecule is CC/C=C\C/C=C\C/C=C\C/C=C\C/C=C\CCCCCCCCCCCCCCCCCC(=O)NC(COC1OC(CO)C(OC2OC(CO)C(O)C(O)C2O)C(O)C1O)C(O)/C=C/CC/C=C/CCCCCCCCCCCCCCCCCCCCCCCCCCCC. The van der Waals surface area contributed by atoms with Crippen LogP contribution in [0.15, 0.2) is 85.1 Å². The van der Waals surface area contributed by atoms with Gasteiger partial charge in [-0.1, -0.05) is 343 Å². The molecule has 0 aliphatic carbocycles. The van der Waals surface area contributed by atoms with Gasteiger partial charge < -0.3 is 65.1 Å².